The van der Waals surface area contributed by atoms with Crippen LogP contribution >= 0.6 is 11.8 Å². The highest BCUT2D eigenvalue weighted by atomic mass is 32.2. The van der Waals surface area contributed by atoms with Crippen molar-refractivity contribution >= 4 is 17.7 Å². The van der Waals surface area contributed by atoms with E-state index in [1.807, 2.05) is 17.8 Å². The Morgan fingerprint density at radius 1 is 1.05 bits per heavy atom. The Balaban J connectivity index is 1.82. The van der Waals surface area contributed by atoms with Gasteiger partial charge in [0.25, 0.3) is 0 Å². The van der Waals surface area contributed by atoms with Crippen LogP contribution < -0.4 is 0 Å². The van der Waals surface area contributed by atoms with Gasteiger partial charge in [-0.15, -0.1) is 11.8 Å². The van der Waals surface area contributed by atoms with Gasteiger partial charge in [0.1, 0.15) is 0 Å². The number of thioether (sulfide) groups is 1. The Labute approximate surface area is 124 Å². The number of benzene rings is 1. The molecule has 4 rings (SSSR count). The van der Waals surface area contributed by atoms with Gasteiger partial charge in [0.2, 0.25) is 0 Å². The maximum atomic E-state index is 11.6. The molecule has 3 aliphatic rings. The first-order valence-electron chi connectivity index (χ1n) is 7.81. The summed E-state index contributed by atoms with van der Waals surface area (Å²) in [7, 11) is 0. The van der Waals surface area contributed by atoms with Gasteiger partial charge in [-0.05, 0) is 67.6 Å². The van der Waals surface area contributed by atoms with Crippen molar-refractivity contribution in [1.29, 1.82) is 0 Å². The van der Waals surface area contributed by atoms with Gasteiger partial charge in [-0.2, -0.15) is 0 Å². The number of carboxylic acids is 1. The summed E-state index contributed by atoms with van der Waals surface area (Å²) in [5, 5.41) is 10.3. The number of rotatable bonds is 5. The molecule has 20 heavy (non-hydrogen) atoms. The van der Waals surface area contributed by atoms with Crippen LogP contribution in [0.5, 0.6) is 0 Å². The highest BCUT2D eigenvalue weighted by molar-refractivity contribution is 8.00. The van der Waals surface area contributed by atoms with Gasteiger partial charge in [0.05, 0.1) is 5.56 Å². The van der Waals surface area contributed by atoms with Gasteiger partial charge in [-0.25, -0.2) is 4.79 Å². The number of carbonyl (C=O) groups is 1. The Hall–Kier alpha value is -0.960. The molecule has 0 aromatic heterocycles. The molecule has 1 N–H and O–H groups in total. The molecule has 0 saturated heterocycles. The second kappa shape index (κ2) is 4.80. The van der Waals surface area contributed by atoms with Crippen molar-refractivity contribution in [3.8, 4) is 0 Å². The third-order valence-corrected chi connectivity index (χ3v) is 6.29. The van der Waals surface area contributed by atoms with Gasteiger partial charge >= 0.3 is 5.97 Å². The predicted octanol–water partition coefficient (Wildman–Crippen LogP) is 4.78. The molecule has 0 unspecified atom stereocenters. The third kappa shape index (κ3) is 2.26. The topological polar surface area (TPSA) is 37.3 Å². The van der Waals surface area contributed by atoms with Crippen molar-refractivity contribution in [2.24, 2.45) is 0 Å². The van der Waals surface area contributed by atoms with Crippen molar-refractivity contribution in [3.63, 3.8) is 0 Å². The normalized spacial score (nSPS) is 22.6. The van der Waals surface area contributed by atoms with Gasteiger partial charge in [-0.3, -0.25) is 0 Å². The van der Waals surface area contributed by atoms with Crippen molar-refractivity contribution in [2.75, 3.05) is 0 Å². The molecule has 0 spiro atoms. The summed E-state index contributed by atoms with van der Waals surface area (Å²) >= 11 is 1.98. The van der Waals surface area contributed by atoms with Crippen LogP contribution in [0.1, 0.15) is 78.3 Å². The van der Waals surface area contributed by atoms with Gasteiger partial charge in [0, 0.05) is 10.1 Å². The van der Waals surface area contributed by atoms with Gasteiger partial charge in [-0.1, -0.05) is 12.5 Å². The van der Waals surface area contributed by atoms with Crippen LogP contribution in [-0.2, 0) is 0 Å². The minimum Gasteiger partial charge on any atom is -0.478 e. The molecule has 3 aliphatic carbocycles. The zero-order valence-corrected chi connectivity index (χ0v) is 12.4. The smallest absolute Gasteiger partial charge is 0.336 e. The number of carboxylic acid groups (broad SMARTS) is 1. The molecule has 0 radical (unpaired) electrons. The van der Waals surface area contributed by atoms with E-state index in [1.165, 1.54) is 61.0 Å². The lowest BCUT2D eigenvalue weighted by Crippen LogP contribution is -2.13. The maximum Gasteiger partial charge on any atom is 0.336 e. The van der Waals surface area contributed by atoms with Crippen molar-refractivity contribution in [2.45, 2.75) is 66.9 Å². The van der Waals surface area contributed by atoms with E-state index in [-0.39, 0.29) is 0 Å². The lowest BCUT2D eigenvalue weighted by atomic mass is 9.79. The number of hydrogen-bond acceptors (Lipinski definition) is 2. The van der Waals surface area contributed by atoms with Crippen LogP contribution in [0.3, 0.4) is 0 Å². The summed E-state index contributed by atoms with van der Waals surface area (Å²) in [5.41, 5.74) is 3.21. The molecule has 2 nitrogen and oxygen atoms in total. The van der Waals surface area contributed by atoms with Crippen LogP contribution in [0.15, 0.2) is 17.0 Å². The van der Waals surface area contributed by atoms with E-state index in [0.29, 0.717) is 17.4 Å². The van der Waals surface area contributed by atoms with Crippen molar-refractivity contribution in [3.05, 3.63) is 28.8 Å². The van der Waals surface area contributed by atoms with Crippen LogP contribution in [-0.4, -0.2) is 16.3 Å². The molecular weight excluding hydrogens is 268 g/mol. The second-order valence-electron chi connectivity index (χ2n) is 6.47. The molecule has 0 heterocycles. The van der Waals surface area contributed by atoms with E-state index < -0.39 is 5.97 Å². The van der Waals surface area contributed by atoms with E-state index in [0.717, 1.165) is 5.25 Å². The minimum absolute atomic E-state index is 0.516. The fraction of sp³-hybridized carbons (Fsp3) is 0.588. The van der Waals surface area contributed by atoms with Crippen molar-refractivity contribution < 1.29 is 9.90 Å². The lowest BCUT2D eigenvalue weighted by Gasteiger charge is -2.29. The summed E-state index contributed by atoms with van der Waals surface area (Å²) in [5.74, 6) is 0.462. The fourth-order valence-corrected chi connectivity index (χ4v) is 4.58. The summed E-state index contributed by atoms with van der Waals surface area (Å²) < 4.78 is 0. The SMILES string of the molecule is O=C(O)c1ccc(C2CCC2)c(SC2CC2)c1C1CC1. The quantitative estimate of drug-likeness (QED) is 0.847. The van der Waals surface area contributed by atoms with Gasteiger partial charge in [0.15, 0.2) is 0 Å². The van der Waals surface area contributed by atoms with E-state index >= 15 is 0 Å². The minimum atomic E-state index is -0.746. The summed E-state index contributed by atoms with van der Waals surface area (Å²) in [6, 6.07) is 3.99. The standard InChI is InChI=1S/C17H20O2S/c18-17(19)14-9-8-13(10-2-1-3-10)16(20-12-6-7-12)15(14)11-4-5-11/h8-12H,1-7H2,(H,18,19). The summed E-state index contributed by atoms with van der Waals surface area (Å²) in [6.45, 7) is 0. The highest BCUT2D eigenvalue weighted by Gasteiger charge is 2.36. The summed E-state index contributed by atoms with van der Waals surface area (Å²) in [6.07, 6.45) is 8.85. The monoisotopic (exact) mass is 288 g/mol. The first-order valence-corrected chi connectivity index (χ1v) is 8.68. The number of aromatic carboxylic acids is 1. The molecule has 1 aromatic carbocycles. The molecule has 0 atom stereocenters. The maximum absolute atomic E-state index is 11.6. The Bertz CT molecular complexity index is 554. The highest BCUT2D eigenvalue weighted by Crippen LogP contribution is 2.53. The molecule has 3 fully saturated rings. The third-order valence-electron chi connectivity index (χ3n) is 4.80. The van der Waals surface area contributed by atoms with Gasteiger partial charge < -0.3 is 5.11 Å². The molecule has 3 saturated carbocycles. The zero-order chi connectivity index (χ0) is 13.7. The Morgan fingerprint density at radius 2 is 1.80 bits per heavy atom. The van der Waals surface area contributed by atoms with Crippen LogP contribution in [0.2, 0.25) is 0 Å². The first kappa shape index (κ1) is 12.8. The Kier molecular flexibility index (Phi) is 3.06. The molecule has 106 valence electrons. The molecule has 0 bridgehead atoms. The molecule has 1 aromatic rings. The van der Waals surface area contributed by atoms with Crippen LogP contribution in [0.4, 0.5) is 0 Å². The predicted molar refractivity (Wildman–Crippen MR) is 80.8 cm³/mol. The van der Waals surface area contributed by atoms with Crippen molar-refractivity contribution in [1.82, 2.24) is 0 Å². The zero-order valence-electron chi connectivity index (χ0n) is 11.6. The molecule has 0 amide bonds. The van der Waals surface area contributed by atoms with E-state index in [1.54, 1.807) is 0 Å². The van der Waals surface area contributed by atoms with Crippen LogP contribution in [0.25, 0.3) is 0 Å². The molecule has 0 aliphatic heterocycles. The average Bonchev–Trinajstić information content (AvgIpc) is 3.22. The van der Waals surface area contributed by atoms with E-state index in [4.69, 9.17) is 0 Å². The molecule has 3 heteroatoms. The van der Waals surface area contributed by atoms with Crippen LogP contribution in [0, 0.1) is 0 Å². The first-order chi connectivity index (χ1) is 9.74. The lowest BCUT2D eigenvalue weighted by molar-refractivity contribution is 0.0695. The summed E-state index contributed by atoms with van der Waals surface area (Å²) in [4.78, 5) is 12.9. The largest absolute Gasteiger partial charge is 0.478 e. The van der Waals surface area contributed by atoms with E-state index in [9.17, 15) is 9.90 Å². The fourth-order valence-electron chi connectivity index (χ4n) is 3.11. The molecular formula is C17H20O2S. The van der Waals surface area contributed by atoms with E-state index in [2.05, 4.69) is 6.07 Å². The second-order valence-corrected chi connectivity index (χ2v) is 7.78. The average molecular weight is 288 g/mol. The Morgan fingerprint density at radius 3 is 2.30 bits per heavy atom. The number of hydrogen-bond donors (Lipinski definition) is 1.